The van der Waals surface area contributed by atoms with Crippen molar-refractivity contribution in [2.24, 2.45) is 11.7 Å². The van der Waals surface area contributed by atoms with Crippen LogP contribution in [0, 0.1) is 5.92 Å². The van der Waals surface area contributed by atoms with Gasteiger partial charge < -0.3 is 15.6 Å². The Morgan fingerprint density at radius 1 is 1.20 bits per heavy atom. The van der Waals surface area contributed by atoms with Crippen molar-refractivity contribution in [2.45, 2.75) is 64.5 Å². The molecule has 1 fully saturated rings. The zero-order chi connectivity index (χ0) is 14.8. The molecule has 3 heteroatoms. The minimum absolute atomic E-state index is 0.0983. The van der Waals surface area contributed by atoms with Crippen LogP contribution in [0.5, 0.6) is 11.5 Å². The van der Waals surface area contributed by atoms with Crippen LogP contribution >= 0.6 is 0 Å². The first-order chi connectivity index (χ1) is 9.37. The molecule has 3 N–H and O–H groups in total. The van der Waals surface area contributed by atoms with Gasteiger partial charge in [0.2, 0.25) is 0 Å². The topological polar surface area (TPSA) is 55.5 Å². The lowest BCUT2D eigenvalue weighted by atomic mass is 9.81. The van der Waals surface area contributed by atoms with Crippen molar-refractivity contribution in [3.05, 3.63) is 23.8 Å². The molecule has 1 aromatic carbocycles. The van der Waals surface area contributed by atoms with Crippen LogP contribution in [0.15, 0.2) is 18.2 Å². The molecular weight excluding hydrogens is 250 g/mol. The second-order valence-corrected chi connectivity index (χ2v) is 6.86. The van der Waals surface area contributed by atoms with Gasteiger partial charge in [-0.2, -0.15) is 0 Å². The third-order valence-electron chi connectivity index (χ3n) is 3.94. The van der Waals surface area contributed by atoms with E-state index in [-0.39, 0.29) is 17.4 Å². The largest absolute Gasteiger partial charge is 0.508 e. The number of rotatable bonds is 3. The Hall–Kier alpha value is -1.22. The summed E-state index contributed by atoms with van der Waals surface area (Å²) in [4.78, 5) is 0. The predicted molar refractivity (Wildman–Crippen MR) is 82.0 cm³/mol. The van der Waals surface area contributed by atoms with E-state index in [9.17, 15) is 5.11 Å². The molecular formula is C17H27NO2. The molecule has 0 radical (unpaired) electrons. The van der Waals surface area contributed by atoms with E-state index in [1.165, 1.54) is 19.3 Å². The van der Waals surface area contributed by atoms with E-state index in [1.807, 2.05) is 26.8 Å². The normalized spacial score (nSPS) is 18.8. The van der Waals surface area contributed by atoms with Crippen LogP contribution in [0.1, 0.15) is 64.5 Å². The molecule has 112 valence electrons. The molecule has 1 atom stereocenters. The van der Waals surface area contributed by atoms with Crippen LogP contribution < -0.4 is 10.5 Å². The van der Waals surface area contributed by atoms with Crippen molar-refractivity contribution < 1.29 is 9.84 Å². The van der Waals surface area contributed by atoms with Gasteiger partial charge in [0.25, 0.3) is 0 Å². The molecule has 20 heavy (non-hydrogen) atoms. The number of aromatic hydroxyl groups is 1. The number of phenolic OH excluding ortho intramolecular Hbond substituents is 1. The number of ether oxygens (including phenoxy) is 1. The lowest BCUT2D eigenvalue weighted by Crippen LogP contribution is -2.25. The Balaban J connectivity index is 2.18. The first-order valence-electron chi connectivity index (χ1n) is 7.64. The molecule has 0 spiro atoms. The SMILES string of the molecule is CC(C)(C)Oc1ccc(O)c([C@@H](N)C2CCCCC2)c1. The molecule has 1 aromatic rings. The van der Waals surface area contributed by atoms with Gasteiger partial charge in [-0.05, 0) is 57.7 Å². The van der Waals surface area contributed by atoms with Crippen LogP contribution in [0.2, 0.25) is 0 Å². The molecule has 0 saturated heterocycles. The van der Waals surface area contributed by atoms with E-state index in [0.29, 0.717) is 5.92 Å². The molecule has 0 amide bonds. The number of phenols is 1. The smallest absolute Gasteiger partial charge is 0.120 e. The Morgan fingerprint density at radius 3 is 2.45 bits per heavy atom. The minimum atomic E-state index is -0.247. The average Bonchev–Trinajstić information content (AvgIpc) is 2.40. The number of hydrogen-bond donors (Lipinski definition) is 2. The summed E-state index contributed by atoms with van der Waals surface area (Å²) in [7, 11) is 0. The maximum absolute atomic E-state index is 10.1. The van der Waals surface area contributed by atoms with Gasteiger partial charge in [0.05, 0.1) is 0 Å². The van der Waals surface area contributed by atoms with E-state index < -0.39 is 0 Å². The fraction of sp³-hybridized carbons (Fsp3) is 0.647. The van der Waals surface area contributed by atoms with E-state index >= 15 is 0 Å². The highest BCUT2D eigenvalue weighted by Gasteiger charge is 2.24. The van der Waals surface area contributed by atoms with E-state index in [1.54, 1.807) is 12.1 Å². The number of benzene rings is 1. The zero-order valence-electron chi connectivity index (χ0n) is 12.9. The third kappa shape index (κ3) is 3.89. The highest BCUT2D eigenvalue weighted by atomic mass is 16.5. The van der Waals surface area contributed by atoms with E-state index in [0.717, 1.165) is 24.2 Å². The van der Waals surface area contributed by atoms with Crippen molar-refractivity contribution in [3.63, 3.8) is 0 Å². The fourth-order valence-electron chi connectivity index (χ4n) is 2.96. The van der Waals surface area contributed by atoms with Crippen molar-refractivity contribution >= 4 is 0 Å². The number of nitrogens with two attached hydrogens (primary N) is 1. The standard InChI is InChI=1S/C17H27NO2/c1-17(2,3)20-13-9-10-15(19)14(11-13)16(18)12-7-5-4-6-8-12/h9-12,16,19H,4-8,18H2,1-3H3/t16-/m0/s1. The summed E-state index contributed by atoms with van der Waals surface area (Å²) < 4.78 is 5.87. The lowest BCUT2D eigenvalue weighted by Gasteiger charge is -2.29. The van der Waals surface area contributed by atoms with Gasteiger partial charge in [-0.3, -0.25) is 0 Å². The van der Waals surface area contributed by atoms with Crippen molar-refractivity contribution in [1.82, 2.24) is 0 Å². The monoisotopic (exact) mass is 277 g/mol. The third-order valence-corrected chi connectivity index (χ3v) is 3.94. The molecule has 2 rings (SSSR count). The molecule has 0 bridgehead atoms. The summed E-state index contributed by atoms with van der Waals surface area (Å²) in [5.41, 5.74) is 6.96. The van der Waals surface area contributed by atoms with Crippen LogP contribution in [-0.4, -0.2) is 10.7 Å². The molecule has 1 aliphatic rings. The fourth-order valence-corrected chi connectivity index (χ4v) is 2.96. The second-order valence-electron chi connectivity index (χ2n) is 6.86. The quantitative estimate of drug-likeness (QED) is 0.872. The van der Waals surface area contributed by atoms with Gasteiger partial charge in [-0.25, -0.2) is 0 Å². The van der Waals surface area contributed by atoms with Gasteiger partial charge in [0.15, 0.2) is 0 Å². The van der Waals surface area contributed by atoms with Gasteiger partial charge in [0.1, 0.15) is 17.1 Å². The minimum Gasteiger partial charge on any atom is -0.508 e. The summed E-state index contributed by atoms with van der Waals surface area (Å²) >= 11 is 0. The molecule has 1 saturated carbocycles. The van der Waals surface area contributed by atoms with Crippen LogP contribution in [0.3, 0.4) is 0 Å². The van der Waals surface area contributed by atoms with Crippen molar-refractivity contribution in [2.75, 3.05) is 0 Å². The summed E-state index contributed by atoms with van der Waals surface area (Å²) in [5.74, 6) is 1.53. The molecule has 0 unspecified atom stereocenters. The molecule has 1 aliphatic carbocycles. The van der Waals surface area contributed by atoms with Crippen LogP contribution in [-0.2, 0) is 0 Å². The van der Waals surface area contributed by atoms with Crippen LogP contribution in [0.4, 0.5) is 0 Å². The van der Waals surface area contributed by atoms with E-state index in [4.69, 9.17) is 10.5 Å². The van der Waals surface area contributed by atoms with Gasteiger partial charge in [-0.15, -0.1) is 0 Å². The maximum Gasteiger partial charge on any atom is 0.120 e. The summed E-state index contributed by atoms with van der Waals surface area (Å²) in [6, 6.07) is 5.30. The Kier molecular flexibility index (Phi) is 4.59. The first kappa shape index (κ1) is 15.2. The highest BCUT2D eigenvalue weighted by molar-refractivity contribution is 5.41. The van der Waals surface area contributed by atoms with Gasteiger partial charge >= 0.3 is 0 Å². The zero-order valence-corrected chi connectivity index (χ0v) is 12.9. The predicted octanol–water partition coefficient (Wildman–Crippen LogP) is 4.15. The Labute approximate surface area is 122 Å². The lowest BCUT2D eigenvalue weighted by molar-refractivity contribution is 0.130. The van der Waals surface area contributed by atoms with Crippen LogP contribution in [0.25, 0.3) is 0 Å². The van der Waals surface area contributed by atoms with Crippen molar-refractivity contribution in [1.29, 1.82) is 0 Å². The Bertz CT molecular complexity index is 445. The second kappa shape index (κ2) is 6.04. The molecule has 0 aliphatic heterocycles. The molecule has 3 nitrogen and oxygen atoms in total. The first-order valence-corrected chi connectivity index (χ1v) is 7.64. The number of hydrogen-bond acceptors (Lipinski definition) is 3. The average molecular weight is 277 g/mol. The molecule has 0 heterocycles. The van der Waals surface area contributed by atoms with Crippen molar-refractivity contribution in [3.8, 4) is 11.5 Å². The molecule has 0 aromatic heterocycles. The summed E-state index contributed by atoms with van der Waals surface area (Å²) in [6.07, 6.45) is 6.12. The van der Waals surface area contributed by atoms with Gasteiger partial charge in [-0.1, -0.05) is 19.3 Å². The Morgan fingerprint density at radius 2 is 1.85 bits per heavy atom. The van der Waals surface area contributed by atoms with E-state index in [2.05, 4.69) is 0 Å². The summed E-state index contributed by atoms with van der Waals surface area (Å²) in [6.45, 7) is 6.04. The highest BCUT2D eigenvalue weighted by Crippen LogP contribution is 2.37. The summed E-state index contributed by atoms with van der Waals surface area (Å²) in [5, 5.41) is 10.1. The van der Waals surface area contributed by atoms with Gasteiger partial charge in [0, 0.05) is 11.6 Å². The maximum atomic E-state index is 10.1.